The summed E-state index contributed by atoms with van der Waals surface area (Å²) in [6.45, 7) is 3.57. The molecule has 1 aromatic carbocycles. The minimum absolute atomic E-state index is 0.135. The zero-order valence-electron chi connectivity index (χ0n) is 15.6. The average Bonchev–Trinajstić information content (AvgIpc) is 3.16. The maximum Gasteiger partial charge on any atom is 0.161 e. The second kappa shape index (κ2) is 7.72. The lowest BCUT2D eigenvalue weighted by Crippen LogP contribution is -2.30. The molecule has 0 aliphatic carbocycles. The summed E-state index contributed by atoms with van der Waals surface area (Å²) in [5.41, 5.74) is 2.64. The summed E-state index contributed by atoms with van der Waals surface area (Å²) in [6, 6.07) is 8.38. The molecule has 26 heavy (non-hydrogen) atoms. The Morgan fingerprint density at radius 1 is 1.08 bits per heavy atom. The van der Waals surface area contributed by atoms with Crippen molar-refractivity contribution in [3.05, 3.63) is 46.9 Å². The Balaban J connectivity index is 1.43. The average molecular weight is 357 g/mol. The molecule has 0 unspecified atom stereocenters. The fraction of sp³-hybridized carbons (Fsp3) is 0.524. The number of hydrogen-bond acceptors (Lipinski definition) is 5. The molecule has 1 atom stereocenters. The highest BCUT2D eigenvalue weighted by molar-refractivity contribution is 5.48. The second-order valence-electron chi connectivity index (χ2n) is 7.10. The number of methoxy groups -OCH3 is 2. The Morgan fingerprint density at radius 2 is 1.88 bits per heavy atom. The molecule has 1 aromatic heterocycles. The second-order valence-corrected chi connectivity index (χ2v) is 7.10. The molecule has 0 radical (unpaired) electrons. The molecule has 0 N–H and O–H groups in total. The van der Waals surface area contributed by atoms with Gasteiger partial charge in [-0.3, -0.25) is 4.90 Å². The van der Waals surface area contributed by atoms with Crippen molar-refractivity contribution in [2.45, 2.75) is 44.9 Å². The van der Waals surface area contributed by atoms with Gasteiger partial charge in [-0.2, -0.15) is 0 Å². The first-order chi connectivity index (χ1) is 12.8. The number of hydrogen-bond donors (Lipinski definition) is 0. The van der Waals surface area contributed by atoms with Crippen molar-refractivity contribution in [3.63, 3.8) is 0 Å². The van der Waals surface area contributed by atoms with Crippen LogP contribution in [0.2, 0.25) is 0 Å². The molecule has 4 rings (SSSR count). The van der Waals surface area contributed by atoms with E-state index in [2.05, 4.69) is 29.2 Å². The summed E-state index contributed by atoms with van der Waals surface area (Å²) in [5, 5.41) is 0. The highest BCUT2D eigenvalue weighted by Gasteiger charge is 2.22. The van der Waals surface area contributed by atoms with E-state index in [9.17, 15) is 0 Å². The Kier molecular flexibility index (Phi) is 5.18. The first-order valence-corrected chi connectivity index (χ1v) is 9.43. The van der Waals surface area contributed by atoms with Gasteiger partial charge in [0.15, 0.2) is 11.5 Å². The molecule has 1 fully saturated rings. The first-order valence-electron chi connectivity index (χ1n) is 9.43. The Labute approximate surface area is 154 Å². The Hall–Kier alpha value is -1.98. The van der Waals surface area contributed by atoms with Crippen LogP contribution in [0, 0.1) is 0 Å². The van der Waals surface area contributed by atoms with E-state index < -0.39 is 0 Å². The topological polar surface area (TPSA) is 44.1 Å². The number of benzene rings is 1. The molecular weight excluding hydrogens is 330 g/mol. The molecule has 140 valence electrons. The van der Waals surface area contributed by atoms with Crippen LogP contribution in [0.3, 0.4) is 0 Å². The van der Waals surface area contributed by atoms with Crippen LogP contribution in [0.4, 0.5) is 0 Å². The van der Waals surface area contributed by atoms with Gasteiger partial charge in [-0.15, -0.1) is 0 Å². The van der Waals surface area contributed by atoms with Crippen LogP contribution in [0.5, 0.6) is 11.5 Å². The lowest BCUT2D eigenvalue weighted by atomic mass is 9.98. The number of rotatable bonds is 5. The lowest BCUT2D eigenvalue weighted by molar-refractivity contribution is 0.000800. The van der Waals surface area contributed by atoms with E-state index in [-0.39, 0.29) is 6.10 Å². The van der Waals surface area contributed by atoms with E-state index in [0.29, 0.717) is 0 Å². The predicted molar refractivity (Wildman–Crippen MR) is 98.6 cm³/mol. The number of furan rings is 1. The third-order valence-electron chi connectivity index (χ3n) is 5.36. The minimum Gasteiger partial charge on any atom is -0.493 e. The maximum atomic E-state index is 6.08. The molecular formula is C21H27NO4. The van der Waals surface area contributed by atoms with Crippen LogP contribution >= 0.6 is 0 Å². The van der Waals surface area contributed by atoms with E-state index in [1.165, 1.54) is 17.5 Å². The van der Waals surface area contributed by atoms with Gasteiger partial charge >= 0.3 is 0 Å². The molecule has 0 amide bonds. The van der Waals surface area contributed by atoms with Gasteiger partial charge in [0, 0.05) is 19.7 Å². The fourth-order valence-corrected chi connectivity index (χ4v) is 3.91. The molecule has 0 bridgehead atoms. The molecule has 1 saturated heterocycles. The van der Waals surface area contributed by atoms with Gasteiger partial charge in [0.25, 0.3) is 0 Å². The summed E-state index contributed by atoms with van der Waals surface area (Å²) in [4.78, 5) is 2.42. The van der Waals surface area contributed by atoms with Crippen molar-refractivity contribution in [3.8, 4) is 11.5 Å². The molecule has 5 nitrogen and oxygen atoms in total. The van der Waals surface area contributed by atoms with E-state index in [1.807, 2.05) is 0 Å². The van der Waals surface area contributed by atoms with Crippen LogP contribution in [-0.4, -0.2) is 32.3 Å². The van der Waals surface area contributed by atoms with Crippen LogP contribution < -0.4 is 9.47 Å². The van der Waals surface area contributed by atoms with Crippen LogP contribution in [0.1, 0.15) is 48.0 Å². The van der Waals surface area contributed by atoms with E-state index in [0.717, 1.165) is 68.5 Å². The maximum absolute atomic E-state index is 6.08. The van der Waals surface area contributed by atoms with E-state index in [4.69, 9.17) is 18.6 Å². The number of ether oxygens (including phenoxy) is 3. The summed E-state index contributed by atoms with van der Waals surface area (Å²) in [7, 11) is 3.37. The number of fused-ring (bicyclic) bond motifs is 1. The Morgan fingerprint density at radius 3 is 2.62 bits per heavy atom. The molecule has 2 aliphatic rings. The molecule has 3 heterocycles. The van der Waals surface area contributed by atoms with Crippen molar-refractivity contribution >= 4 is 0 Å². The Bertz CT molecular complexity index is 748. The van der Waals surface area contributed by atoms with Gasteiger partial charge in [-0.1, -0.05) is 0 Å². The quantitative estimate of drug-likeness (QED) is 0.806. The number of nitrogens with zero attached hydrogens (tertiary/aromatic N) is 1. The highest BCUT2D eigenvalue weighted by Crippen LogP contribution is 2.34. The summed E-state index contributed by atoms with van der Waals surface area (Å²) < 4.78 is 22.8. The zero-order valence-corrected chi connectivity index (χ0v) is 15.6. The molecule has 0 spiro atoms. The van der Waals surface area contributed by atoms with E-state index in [1.54, 1.807) is 14.2 Å². The predicted octanol–water partition coefficient (Wildman–Crippen LogP) is 4.10. The smallest absolute Gasteiger partial charge is 0.161 e. The SMILES string of the molecule is COc1cc2c(cc1OC)CN(Cc1ccc([C@@H]3CCCCO3)o1)CC2. The monoisotopic (exact) mass is 357 g/mol. The molecule has 2 aliphatic heterocycles. The molecule has 5 heteroatoms. The van der Waals surface area contributed by atoms with Crippen molar-refractivity contribution in [1.82, 2.24) is 4.90 Å². The largest absolute Gasteiger partial charge is 0.493 e. The zero-order chi connectivity index (χ0) is 17.9. The normalized spacial score (nSPS) is 20.6. The van der Waals surface area contributed by atoms with Crippen LogP contribution in [-0.2, 0) is 24.2 Å². The van der Waals surface area contributed by atoms with Crippen LogP contribution in [0.25, 0.3) is 0 Å². The van der Waals surface area contributed by atoms with Crippen molar-refractivity contribution in [2.24, 2.45) is 0 Å². The molecule has 2 aromatic rings. The summed E-state index contributed by atoms with van der Waals surface area (Å²) >= 11 is 0. The highest BCUT2D eigenvalue weighted by atomic mass is 16.5. The van der Waals surface area contributed by atoms with Gasteiger partial charge in [0.05, 0.1) is 20.8 Å². The van der Waals surface area contributed by atoms with Gasteiger partial charge in [0.1, 0.15) is 17.6 Å². The summed E-state index contributed by atoms with van der Waals surface area (Å²) in [5.74, 6) is 3.59. The van der Waals surface area contributed by atoms with Crippen molar-refractivity contribution in [1.29, 1.82) is 0 Å². The van der Waals surface area contributed by atoms with Crippen molar-refractivity contribution < 1.29 is 18.6 Å². The van der Waals surface area contributed by atoms with Crippen LogP contribution in [0.15, 0.2) is 28.7 Å². The third-order valence-corrected chi connectivity index (χ3v) is 5.36. The lowest BCUT2D eigenvalue weighted by Gasteiger charge is -2.29. The standard InChI is InChI=1S/C21H27NO4/c1-23-20-11-15-8-9-22(13-16(15)12-21(20)24-2)14-17-6-7-19(26-17)18-5-3-4-10-25-18/h6-7,11-12,18H,3-5,8-10,13-14H2,1-2H3/t18-/m0/s1. The van der Waals surface area contributed by atoms with Crippen molar-refractivity contribution in [2.75, 3.05) is 27.4 Å². The van der Waals surface area contributed by atoms with Gasteiger partial charge in [0.2, 0.25) is 0 Å². The van der Waals surface area contributed by atoms with Gasteiger partial charge in [-0.05, 0) is 61.1 Å². The van der Waals surface area contributed by atoms with Gasteiger partial charge < -0.3 is 18.6 Å². The third kappa shape index (κ3) is 3.60. The van der Waals surface area contributed by atoms with Gasteiger partial charge in [-0.25, -0.2) is 0 Å². The molecule has 0 saturated carbocycles. The fourth-order valence-electron chi connectivity index (χ4n) is 3.91. The van der Waals surface area contributed by atoms with E-state index >= 15 is 0 Å². The first kappa shape index (κ1) is 17.4. The minimum atomic E-state index is 0.135. The summed E-state index contributed by atoms with van der Waals surface area (Å²) in [6.07, 6.45) is 4.58.